The summed E-state index contributed by atoms with van der Waals surface area (Å²) < 4.78 is 5.34. The maximum absolute atomic E-state index is 11.1. The fraction of sp³-hybridized carbons (Fsp3) is 0.400. The van der Waals surface area contributed by atoms with E-state index in [-0.39, 0.29) is 5.92 Å². The standard InChI is InChI=1S/C15H21NO2/c1-5-15(4,18-14(16)17)13(11(2)3)12-9-7-6-8-10-12/h6-10,13H,2,5H2,1,3-4H3,(H2,16,17). The van der Waals surface area contributed by atoms with Gasteiger partial charge in [-0.3, -0.25) is 0 Å². The van der Waals surface area contributed by atoms with Gasteiger partial charge in [0.1, 0.15) is 5.60 Å². The minimum absolute atomic E-state index is 0.0591. The quantitative estimate of drug-likeness (QED) is 0.808. The van der Waals surface area contributed by atoms with Gasteiger partial charge in [0.2, 0.25) is 0 Å². The number of benzene rings is 1. The number of primary amides is 1. The zero-order valence-electron chi connectivity index (χ0n) is 11.3. The number of amides is 1. The van der Waals surface area contributed by atoms with Crippen LogP contribution in [0.4, 0.5) is 4.79 Å². The molecule has 3 heteroatoms. The second-order valence-corrected chi connectivity index (χ2v) is 4.78. The molecule has 1 amide bonds. The highest BCUT2D eigenvalue weighted by atomic mass is 16.6. The number of rotatable bonds is 5. The van der Waals surface area contributed by atoms with Crippen LogP contribution in [0.3, 0.4) is 0 Å². The van der Waals surface area contributed by atoms with Gasteiger partial charge in [0.25, 0.3) is 0 Å². The van der Waals surface area contributed by atoms with E-state index < -0.39 is 11.7 Å². The van der Waals surface area contributed by atoms with E-state index in [2.05, 4.69) is 6.58 Å². The Morgan fingerprint density at radius 1 is 1.44 bits per heavy atom. The van der Waals surface area contributed by atoms with Gasteiger partial charge in [-0.05, 0) is 25.8 Å². The lowest BCUT2D eigenvalue weighted by Gasteiger charge is -2.36. The molecule has 0 heterocycles. The van der Waals surface area contributed by atoms with Crippen molar-refractivity contribution in [3.8, 4) is 0 Å². The van der Waals surface area contributed by atoms with Crippen LogP contribution in [0, 0.1) is 0 Å². The maximum Gasteiger partial charge on any atom is 0.405 e. The van der Waals surface area contributed by atoms with Gasteiger partial charge in [0.15, 0.2) is 0 Å². The molecule has 0 saturated heterocycles. The summed E-state index contributed by atoms with van der Waals surface area (Å²) in [6.07, 6.45) is -0.0796. The van der Waals surface area contributed by atoms with Gasteiger partial charge in [-0.1, -0.05) is 49.4 Å². The highest BCUT2D eigenvalue weighted by Gasteiger charge is 2.37. The molecular formula is C15H21NO2. The van der Waals surface area contributed by atoms with E-state index in [4.69, 9.17) is 10.5 Å². The topological polar surface area (TPSA) is 52.3 Å². The number of nitrogens with two attached hydrogens (primary N) is 1. The van der Waals surface area contributed by atoms with Gasteiger partial charge < -0.3 is 10.5 Å². The van der Waals surface area contributed by atoms with Crippen LogP contribution >= 0.6 is 0 Å². The molecule has 0 bridgehead atoms. The van der Waals surface area contributed by atoms with E-state index in [0.717, 1.165) is 11.1 Å². The second kappa shape index (κ2) is 5.71. The van der Waals surface area contributed by atoms with Gasteiger partial charge in [-0.2, -0.15) is 0 Å². The van der Waals surface area contributed by atoms with E-state index in [1.807, 2.05) is 51.1 Å². The summed E-state index contributed by atoms with van der Waals surface area (Å²) >= 11 is 0. The molecule has 0 aromatic heterocycles. The molecule has 1 rings (SSSR count). The van der Waals surface area contributed by atoms with Crippen molar-refractivity contribution >= 4 is 6.09 Å². The summed E-state index contributed by atoms with van der Waals surface area (Å²) in [5.41, 5.74) is 6.54. The smallest absolute Gasteiger partial charge is 0.405 e. The number of hydrogen-bond acceptors (Lipinski definition) is 2. The number of hydrogen-bond donors (Lipinski definition) is 1. The second-order valence-electron chi connectivity index (χ2n) is 4.78. The predicted molar refractivity (Wildman–Crippen MR) is 73.4 cm³/mol. The maximum atomic E-state index is 11.1. The fourth-order valence-electron chi connectivity index (χ4n) is 2.37. The first-order valence-corrected chi connectivity index (χ1v) is 6.09. The van der Waals surface area contributed by atoms with Crippen LogP contribution in [-0.4, -0.2) is 11.7 Å². The summed E-state index contributed by atoms with van der Waals surface area (Å²) in [4.78, 5) is 11.1. The molecule has 1 aromatic carbocycles. The largest absolute Gasteiger partial charge is 0.442 e. The Kier molecular flexibility index (Phi) is 4.54. The lowest BCUT2D eigenvalue weighted by Crippen LogP contribution is -2.40. The number of carbonyl (C=O) groups is 1. The van der Waals surface area contributed by atoms with Crippen molar-refractivity contribution < 1.29 is 9.53 Å². The van der Waals surface area contributed by atoms with E-state index >= 15 is 0 Å². The lowest BCUT2D eigenvalue weighted by molar-refractivity contribution is 0.0145. The molecule has 0 radical (unpaired) electrons. The predicted octanol–water partition coefficient (Wildman–Crippen LogP) is 3.61. The Hall–Kier alpha value is -1.77. The molecule has 0 saturated carbocycles. The molecule has 1 aromatic rings. The Balaban J connectivity index is 3.18. The average Bonchev–Trinajstić information content (AvgIpc) is 2.29. The molecule has 3 nitrogen and oxygen atoms in total. The highest BCUT2D eigenvalue weighted by Crippen LogP contribution is 2.38. The van der Waals surface area contributed by atoms with Crippen molar-refractivity contribution in [2.24, 2.45) is 5.73 Å². The monoisotopic (exact) mass is 247 g/mol. The third-order valence-electron chi connectivity index (χ3n) is 3.27. The normalized spacial score (nSPS) is 15.5. The molecule has 0 aliphatic heterocycles. The summed E-state index contributed by atoms with van der Waals surface area (Å²) in [7, 11) is 0. The zero-order chi connectivity index (χ0) is 13.8. The minimum Gasteiger partial charge on any atom is -0.442 e. The van der Waals surface area contributed by atoms with Crippen LogP contribution in [0.5, 0.6) is 0 Å². The van der Waals surface area contributed by atoms with Crippen molar-refractivity contribution in [2.45, 2.75) is 38.7 Å². The Morgan fingerprint density at radius 3 is 2.39 bits per heavy atom. The zero-order valence-corrected chi connectivity index (χ0v) is 11.3. The van der Waals surface area contributed by atoms with Gasteiger partial charge in [0, 0.05) is 5.92 Å². The lowest BCUT2D eigenvalue weighted by atomic mass is 9.77. The van der Waals surface area contributed by atoms with Crippen molar-refractivity contribution in [1.82, 2.24) is 0 Å². The molecule has 0 fully saturated rings. The van der Waals surface area contributed by atoms with Crippen molar-refractivity contribution in [3.63, 3.8) is 0 Å². The summed E-state index contributed by atoms with van der Waals surface area (Å²) in [6, 6.07) is 9.91. The van der Waals surface area contributed by atoms with Crippen LogP contribution in [0.25, 0.3) is 0 Å². The first-order chi connectivity index (χ1) is 8.40. The Labute approximate surface area is 109 Å². The average molecular weight is 247 g/mol. The first-order valence-electron chi connectivity index (χ1n) is 6.09. The Bertz CT molecular complexity index is 427. The summed E-state index contributed by atoms with van der Waals surface area (Å²) in [6.45, 7) is 9.83. The third-order valence-corrected chi connectivity index (χ3v) is 3.27. The van der Waals surface area contributed by atoms with Crippen LogP contribution in [0.2, 0.25) is 0 Å². The molecule has 0 spiro atoms. The SMILES string of the molecule is C=C(C)C(c1ccccc1)C(C)(CC)OC(N)=O. The highest BCUT2D eigenvalue weighted by molar-refractivity contribution is 5.65. The van der Waals surface area contributed by atoms with Crippen molar-refractivity contribution in [3.05, 3.63) is 48.0 Å². The van der Waals surface area contributed by atoms with Gasteiger partial charge >= 0.3 is 6.09 Å². The molecule has 2 unspecified atom stereocenters. The Morgan fingerprint density at radius 2 is 2.00 bits per heavy atom. The molecular weight excluding hydrogens is 226 g/mol. The van der Waals surface area contributed by atoms with Crippen LogP contribution in [0.15, 0.2) is 42.5 Å². The number of ether oxygens (including phenoxy) is 1. The fourth-order valence-corrected chi connectivity index (χ4v) is 2.37. The van der Waals surface area contributed by atoms with E-state index in [0.29, 0.717) is 6.42 Å². The van der Waals surface area contributed by atoms with E-state index in [1.165, 1.54) is 0 Å². The molecule has 0 aliphatic rings. The summed E-state index contributed by atoms with van der Waals surface area (Å²) in [5, 5.41) is 0. The molecule has 0 aliphatic carbocycles. The van der Waals surface area contributed by atoms with Crippen LogP contribution < -0.4 is 5.73 Å². The van der Waals surface area contributed by atoms with Gasteiger partial charge in [-0.25, -0.2) is 4.79 Å². The number of carbonyl (C=O) groups excluding carboxylic acids is 1. The van der Waals surface area contributed by atoms with Gasteiger partial charge in [-0.15, -0.1) is 0 Å². The van der Waals surface area contributed by atoms with E-state index in [9.17, 15) is 4.79 Å². The summed E-state index contributed by atoms with van der Waals surface area (Å²) in [5.74, 6) is -0.0591. The van der Waals surface area contributed by atoms with Gasteiger partial charge in [0.05, 0.1) is 0 Å². The van der Waals surface area contributed by atoms with Crippen molar-refractivity contribution in [1.29, 1.82) is 0 Å². The molecule has 98 valence electrons. The van der Waals surface area contributed by atoms with Crippen LogP contribution in [-0.2, 0) is 4.74 Å². The van der Waals surface area contributed by atoms with E-state index in [1.54, 1.807) is 0 Å². The van der Waals surface area contributed by atoms with Crippen molar-refractivity contribution in [2.75, 3.05) is 0 Å². The molecule has 18 heavy (non-hydrogen) atoms. The first kappa shape index (κ1) is 14.3. The van der Waals surface area contributed by atoms with Crippen LogP contribution in [0.1, 0.15) is 38.7 Å². The molecule has 2 N–H and O–H groups in total. The third kappa shape index (κ3) is 3.13. The molecule has 2 atom stereocenters. The minimum atomic E-state index is -0.749.